The monoisotopic (exact) mass is 382 g/mol. The van der Waals surface area contributed by atoms with Gasteiger partial charge in [0, 0.05) is 17.7 Å². The molecule has 0 radical (unpaired) electrons. The smallest absolute Gasteiger partial charge is 0.227 e. The summed E-state index contributed by atoms with van der Waals surface area (Å²) in [5.74, 6) is -0.678. The molecule has 0 aliphatic carbocycles. The van der Waals surface area contributed by atoms with E-state index in [-0.39, 0.29) is 30.3 Å². The number of carbonyl (C=O) groups excluding carboxylic acids is 3. The van der Waals surface area contributed by atoms with Crippen molar-refractivity contribution >= 4 is 58.0 Å². The molecule has 0 fully saturated rings. The summed E-state index contributed by atoms with van der Waals surface area (Å²) < 4.78 is 0.545. The van der Waals surface area contributed by atoms with Crippen molar-refractivity contribution in [3.8, 4) is 0 Å². The number of hydrogen-bond donors (Lipinski definition) is 2. The van der Waals surface area contributed by atoms with Crippen molar-refractivity contribution in [1.82, 2.24) is 0 Å². The van der Waals surface area contributed by atoms with Crippen molar-refractivity contribution in [3.63, 3.8) is 0 Å². The molecule has 0 atom stereocenters. The predicted molar refractivity (Wildman–Crippen MR) is 97.9 cm³/mol. The fourth-order valence-electron chi connectivity index (χ4n) is 1.87. The van der Waals surface area contributed by atoms with Gasteiger partial charge in [0.25, 0.3) is 0 Å². The van der Waals surface area contributed by atoms with E-state index in [1.807, 2.05) is 6.07 Å². The number of nitrogens with one attached hydrogen (secondary N) is 1. The van der Waals surface area contributed by atoms with Crippen molar-refractivity contribution in [2.45, 2.75) is 17.7 Å². The number of para-hydroxylation sites is 1. The summed E-state index contributed by atoms with van der Waals surface area (Å²) in [4.78, 5) is 36.2. The van der Waals surface area contributed by atoms with Gasteiger partial charge < -0.3 is 11.1 Å². The molecule has 0 aliphatic rings. The summed E-state index contributed by atoms with van der Waals surface area (Å²) in [6.07, 6.45) is 0.183. The molecule has 2 amide bonds. The number of primary amides is 1. The number of thiophene rings is 1. The first-order chi connectivity index (χ1) is 11.5. The predicted octanol–water partition coefficient (Wildman–Crippen LogP) is 3.58. The highest BCUT2D eigenvalue weighted by molar-refractivity contribution is 8.00. The highest BCUT2D eigenvalue weighted by Crippen LogP contribution is 2.27. The lowest BCUT2D eigenvalue weighted by Gasteiger charge is -2.09. The van der Waals surface area contributed by atoms with E-state index in [0.717, 1.165) is 4.90 Å². The zero-order valence-electron chi connectivity index (χ0n) is 12.6. The molecule has 0 bridgehead atoms. The van der Waals surface area contributed by atoms with E-state index in [2.05, 4.69) is 5.32 Å². The molecule has 8 heteroatoms. The standard InChI is InChI=1S/C16H15ClN2O3S2/c17-14-7-6-13(24-14)11(20)5-8-16(22)19-10-3-1-2-4-12(10)23-9-15(18)21/h1-4,6-7H,5,8-9H2,(H2,18,21)(H,19,22). The summed E-state index contributed by atoms with van der Waals surface area (Å²) in [5, 5.41) is 2.76. The molecule has 1 aromatic carbocycles. The summed E-state index contributed by atoms with van der Waals surface area (Å²) in [6.45, 7) is 0. The van der Waals surface area contributed by atoms with Gasteiger partial charge in [0.1, 0.15) is 0 Å². The molecule has 3 N–H and O–H groups in total. The Labute approximate surface area is 152 Å². The zero-order chi connectivity index (χ0) is 17.5. The normalized spacial score (nSPS) is 10.4. The number of Topliss-reactive ketones (excluding diaryl/α,β-unsaturated/α-hetero) is 1. The lowest BCUT2D eigenvalue weighted by Crippen LogP contribution is -2.15. The third-order valence-corrected chi connectivity index (χ3v) is 5.33. The zero-order valence-corrected chi connectivity index (χ0v) is 15.0. The minimum absolute atomic E-state index is 0.0726. The first-order valence-corrected chi connectivity index (χ1v) is 9.22. The van der Waals surface area contributed by atoms with Crippen LogP contribution in [-0.4, -0.2) is 23.4 Å². The number of anilines is 1. The number of hydrogen-bond acceptors (Lipinski definition) is 5. The number of thioether (sulfide) groups is 1. The summed E-state index contributed by atoms with van der Waals surface area (Å²) in [7, 11) is 0. The van der Waals surface area contributed by atoms with Crippen molar-refractivity contribution < 1.29 is 14.4 Å². The maximum Gasteiger partial charge on any atom is 0.227 e. The Hall–Kier alpha value is -1.83. The van der Waals surface area contributed by atoms with E-state index in [0.29, 0.717) is 14.9 Å². The number of carbonyl (C=O) groups is 3. The molecule has 0 unspecified atom stereocenters. The van der Waals surface area contributed by atoms with Crippen LogP contribution in [0.25, 0.3) is 0 Å². The Balaban J connectivity index is 1.90. The average Bonchev–Trinajstić information content (AvgIpc) is 2.98. The van der Waals surface area contributed by atoms with E-state index in [1.165, 1.54) is 23.1 Å². The van der Waals surface area contributed by atoms with Gasteiger partial charge in [-0.2, -0.15) is 0 Å². The van der Waals surface area contributed by atoms with E-state index in [9.17, 15) is 14.4 Å². The van der Waals surface area contributed by atoms with Crippen LogP contribution in [0.3, 0.4) is 0 Å². The number of nitrogens with two attached hydrogens (primary N) is 1. The lowest BCUT2D eigenvalue weighted by molar-refractivity contribution is -0.116. The molecular weight excluding hydrogens is 368 g/mol. The number of amides is 2. The van der Waals surface area contributed by atoms with Crippen LogP contribution in [0.1, 0.15) is 22.5 Å². The Morgan fingerprint density at radius 3 is 2.54 bits per heavy atom. The molecule has 0 spiro atoms. The Bertz CT molecular complexity index is 761. The molecule has 2 aromatic rings. The second kappa shape index (κ2) is 8.86. The Kier molecular flexibility index (Phi) is 6.84. The van der Waals surface area contributed by atoms with E-state index < -0.39 is 5.91 Å². The SMILES string of the molecule is NC(=O)CSc1ccccc1NC(=O)CCC(=O)c1ccc(Cl)s1. The van der Waals surface area contributed by atoms with E-state index in [1.54, 1.807) is 30.3 Å². The van der Waals surface area contributed by atoms with Gasteiger partial charge in [-0.15, -0.1) is 23.1 Å². The number of rotatable bonds is 8. The van der Waals surface area contributed by atoms with Crippen molar-refractivity contribution in [2.24, 2.45) is 5.73 Å². The molecule has 1 aromatic heterocycles. The molecule has 2 rings (SSSR count). The highest BCUT2D eigenvalue weighted by Gasteiger charge is 2.13. The van der Waals surface area contributed by atoms with Gasteiger partial charge in [-0.25, -0.2) is 0 Å². The third kappa shape index (κ3) is 5.67. The quantitative estimate of drug-likeness (QED) is 0.539. The molecule has 0 saturated heterocycles. The van der Waals surface area contributed by atoms with Crippen molar-refractivity contribution in [1.29, 1.82) is 0 Å². The van der Waals surface area contributed by atoms with Gasteiger partial charge in [-0.1, -0.05) is 23.7 Å². The Morgan fingerprint density at radius 2 is 1.88 bits per heavy atom. The molecule has 126 valence electrons. The molecular formula is C16H15ClN2O3S2. The molecule has 0 aliphatic heterocycles. The fraction of sp³-hybridized carbons (Fsp3) is 0.188. The van der Waals surface area contributed by atoms with Gasteiger partial charge in [-0.3, -0.25) is 14.4 Å². The molecule has 0 saturated carbocycles. The topological polar surface area (TPSA) is 89.3 Å². The van der Waals surface area contributed by atoms with E-state index >= 15 is 0 Å². The molecule has 5 nitrogen and oxygen atoms in total. The summed E-state index contributed by atoms with van der Waals surface area (Å²) in [5.41, 5.74) is 5.73. The fourth-order valence-corrected chi connectivity index (χ4v) is 3.63. The Morgan fingerprint density at radius 1 is 1.12 bits per heavy atom. The second-order valence-electron chi connectivity index (χ2n) is 4.83. The van der Waals surface area contributed by atoms with Crippen LogP contribution in [0.5, 0.6) is 0 Å². The molecule has 24 heavy (non-hydrogen) atoms. The lowest BCUT2D eigenvalue weighted by atomic mass is 10.2. The molecule has 1 heterocycles. The van der Waals surface area contributed by atoms with Gasteiger partial charge in [0.05, 0.1) is 20.7 Å². The number of benzene rings is 1. The van der Waals surface area contributed by atoms with Gasteiger partial charge >= 0.3 is 0 Å². The minimum Gasteiger partial charge on any atom is -0.369 e. The summed E-state index contributed by atoms with van der Waals surface area (Å²) >= 11 is 8.25. The first-order valence-electron chi connectivity index (χ1n) is 7.04. The number of halogens is 1. The van der Waals surface area contributed by atoms with Crippen LogP contribution in [0.2, 0.25) is 4.34 Å². The van der Waals surface area contributed by atoms with Gasteiger partial charge in [0.2, 0.25) is 11.8 Å². The number of ketones is 1. The van der Waals surface area contributed by atoms with Gasteiger partial charge in [0.15, 0.2) is 5.78 Å². The maximum absolute atomic E-state index is 12.1. The van der Waals surface area contributed by atoms with Crippen LogP contribution in [0, 0.1) is 0 Å². The van der Waals surface area contributed by atoms with Crippen molar-refractivity contribution in [3.05, 3.63) is 45.6 Å². The summed E-state index contributed by atoms with van der Waals surface area (Å²) in [6, 6.07) is 10.4. The van der Waals surface area contributed by atoms with Crippen LogP contribution in [-0.2, 0) is 9.59 Å². The average molecular weight is 383 g/mol. The van der Waals surface area contributed by atoms with Crippen LogP contribution in [0.15, 0.2) is 41.3 Å². The third-order valence-electron chi connectivity index (χ3n) is 2.96. The van der Waals surface area contributed by atoms with Crippen LogP contribution >= 0.6 is 34.7 Å². The largest absolute Gasteiger partial charge is 0.369 e. The maximum atomic E-state index is 12.1. The highest BCUT2D eigenvalue weighted by atomic mass is 35.5. The van der Waals surface area contributed by atoms with Crippen LogP contribution in [0.4, 0.5) is 5.69 Å². The van der Waals surface area contributed by atoms with Crippen LogP contribution < -0.4 is 11.1 Å². The van der Waals surface area contributed by atoms with Crippen molar-refractivity contribution in [2.75, 3.05) is 11.1 Å². The minimum atomic E-state index is -0.429. The first kappa shape index (κ1) is 18.5. The second-order valence-corrected chi connectivity index (χ2v) is 7.56. The van der Waals surface area contributed by atoms with Gasteiger partial charge in [-0.05, 0) is 24.3 Å². The van der Waals surface area contributed by atoms with E-state index in [4.69, 9.17) is 17.3 Å².